The molecule has 0 amide bonds. The average molecular weight is 272 g/mol. The van der Waals surface area contributed by atoms with Crippen LogP contribution in [0.15, 0.2) is 24.3 Å². The van der Waals surface area contributed by atoms with E-state index in [1.54, 1.807) is 7.11 Å². The van der Waals surface area contributed by atoms with Crippen LogP contribution in [-0.2, 0) is 0 Å². The molecule has 1 aliphatic heterocycles. The van der Waals surface area contributed by atoms with E-state index in [0.29, 0.717) is 0 Å². The van der Waals surface area contributed by atoms with Crippen LogP contribution in [0.3, 0.4) is 0 Å². The van der Waals surface area contributed by atoms with E-state index in [4.69, 9.17) is 4.74 Å². The molecule has 1 aromatic rings. The lowest BCUT2D eigenvalue weighted by Crippen LogP contribution is -2.35. The number of likely N-dealkylation sites (tertiary alicyclic amines) is 1. The quantitative estimate of drug-likeness (QED) is 0.914. The Morgan fingerprint density at radius 1 is 1.17 bits per heavy atom. The van der Waals surface area contributed by atoms with E-state index in [1.807, 2.05) is 24.3 Å². The van der Waals surface area contributed by atoms with Gasteiger partial charge in [0.25, 0.3) is 0 Å². The second-order valence-electron chi connectivity index (χ2n) is 4.70. The molecular formula is C14H22ClNO2. The van der Waals surface area contributed by atoms with Gasteiger partial charge in [0.2, 0.25) is 0 Å². The van der Waals surface area contributed by atoms with Gasteiger partial charge in [-0.05, 0) is 50.6 Å². The van der Waals surface area contributed by atoms with Crippen LogP contribution in [0.2, 0.25) is 0 Å². The van der Waals surface area contributed by atoms with Gasteiger partial charge in [0.15, 0.2) is 0 Å². The second kappa shape index (κ2) is 6.98. The Morgan fingerprint density at radius 2 is 1.72 bits per heavy atom. The van der Waals surface area contributed by atoms with Crippen molar-refractivity contribution in [1.29, 1.82) is 0 Å². The van der Waals surface area contributed by atoms with Crippen molar-refractivity contribution >= 4 is 12.4 Å². The molecule has 2 atom stereocenters. The third-order valence-electron chi connectivity index (χ3n) is 3.63. The van der Waals surface area contributed by atoms with Gasteiger partial charge in [-0.25, -0.2) is 0 Å². The predicted octanol–water partition coefficient (Wildman–Crippen LogP) is 2.63. The summed E-state index contributed by atoms with van der Waals surface area (Å²) in [6.07, 6.45) is 2.08. The Morgan fingerprint density at radius 3 is 2.22 bits per heavy atom. The van der Waals surface area contributed by atoms with Crippen molar-refractivity contribution in [3.8, 4) is 5.75 Å². The molecule has 2 unspecified atom stereocenters. The van der Waals surface area contributed by atoms with Crippen LogP contribution in [0.5, 0.6) is 5.75 Å². The predicted molar refractivity (Wildman–Crippen MR) is 75.5 cm³/mol. The van der Waals surface area contributed by atoms with Crippen LogP contribution in [0.25, 0.3) is 0 Å². The normalized spacial score (nSPS) is 19.1. The summed E-state index contributed by atoms with van der Waals surface area (Å²) in [5, 5.41) is 10.3. The molecule has 4 heteroatoms. The first-order valence-electron chi connectivity index (χ1n) is 6.28. The van der Waals surface area contributed by atoms with Gasteiger partial charge in [0.05, 0.1) is 13.2 Å². The Balaban J connectivity index is 0.00000162. The van der Waals surface area contributed by atoms with Gasteiger partial charge in [-0.15, -0.1) is 12.4 Å². The number of aliphatic hydroxyl groups is 1. The molecule has 1 heterocycles. The maximum Gasteiger partial charge on any atom is 0.118 e. The van der Waals surface area contributed by atoms with Gasteiger partial charge in [-0.1, -0.05) is 12.1 Å². The van der Waals surface area contributed by atoms with E-state index in [-0.39, 0.29) is 18.4 Å². The molecule has 1 fully saturated rings. The highest BCUT2D eigenvalue weighted by atomic mass is 35.5. The van der Waals surface area contributed by atoms with Crippen LogP contribution in [0, 0.1) is 0 Å². The molecule has 0 radical (unpaired) electrons. The summed E-state index contributed by atoms with van der Waals surface area (Å²) in [7, 11) is 1.65. The summed E-state index contributed by atoms with van der Waals surface area (Å²) in [5.74, 6) is 0.828. The first kappa shape index (κ1) is 15.3. The van der Waals surface area contributed by atoms with Crippen LogP contribution >= 0.6 is 12.4 Å². The highest BCUT2D eigenvalue weighted by molar-refractivity contribution is 5.85. The van der Waals surface area contributed by atoms with E-state index in [9.17, 15) is 5.11 Å². The lowest BCUT2D eigenvalue weighted by Gasteiger charge is -2.28. The monoisotopic (exact) mass is 271 g/mol. The second-order valence-corrected chi connectivity index (χ2v) is 4.70. The summed E-state index contributed by atoms with van der Waals surface area (Å²) < 4.78 is 5.12. The molecule has 0 saturated carbocycles. The molecule has 18 heavy (non-hydrogen) atoms. The van der Waals surface area contributed by atoms with Gasteiger partial charge >= 0.3 is 0 Å². The smallest absolute Gasteiger partial charge is 0.118 e. The molecule has 1 aliphatic rings. The van der Waals surface area contributed by atoms with E-state index in [0.717, 1.165) is 24.4 Å². The van der Waals surface area contributed by atoms with Crippen LogP contribution < -0.4 is 4.74 Å². The molecule has 1 saturated heterocycles. The minimum Gasteiger partial charge on any atom is -0.497 e. The summed E-state index contributed by atoms with van der Waals surface area (Å²) in [6, 6.07) is 7.86. The number of halogens is 1. The molecule has 0 spiro atoms. The summed E-state index contributed by atoms with van der Waals surface area (Å²) >= 11 is 0. The zero-order chi connectivity index (χ0) is 12.3. The molecule has 0 bridgehead atoms. The zero-order valence-electron chi connectivity index (χ0n) is 11.0. The summed E-state index contributed by atoms with van der Waals surface area (Å²) in [4.78, 5) is 2.36. The molecule has 1 aromatic carbocycles. The van der Waals surface area contributed by atoms with Crippen molar-refractivity contribution in [2.75, 3.05) is 20.2 Å². The SMILES string of the molecule is COc1ccc(C(O)C(C)N2CCCC2)cc1.Cl. The van der Waals surface area contributed by atoms with Gasteiger partial charge in [-0.2, -0.15) is 0 Å². The number of methoxy groups -OCH3 is 1. The number of nitrogens with zero attached hydrogens (tertiary/aromatic N) is 1. The first-order valence-corrected chi connectivity index (χ1v) is 6.28. The van der Waals surface area contributed by atoms with E-state index in [1.165, 1.54) is 12.8 Å². The fourth-order valence-corrected chi connectivity index (χ4v) is 2.43. The van der Waals surface area contributed by atoms with Crippen molar-refractivity contribution in [3.05, 3.63) is 29.8 Å². The standard InChI is InChI=1S/C14H21NO2.ClH/c1-11(15-9-3-4-10-15)14(16)12-5-7-13(17-2)8-6-12;/h5-8,11,14,16H,3-4,9-10H2,1-2H3;1H. The lowest BCUT2D eigenvalue weighted by atomic mass is 10.0. The number of hydrogen-bond donors (Lipinski definition) is 1. The van der Waals surface area contributed by atoms with Crippen LogP contribution in [0.1, 0.15) is 31.4 Å². The molecule has 102 valence electrons. The van der Waals surface area contributed by atoms with Gasteiger partial charge in [0.1, 0.15) is 5.75 Å². The summed E-state index contributed by atoms with van der Waals surface area (Å²) in [6.45, 7) is 4.31. The zero-order valence-corrected chi connectivity index (χ0v) is 11.8. The maximum absolute atomic E-state index is 10.3. The van der Waals surface area contributed by atoms with E-state index < -0.39 is 6.10 Å². The summed E-state index contributed by atoms with van der Waals surface area (Å²) in [5.41, 5.74) is 0.963. The number of aliphatic hydroxyl groups excluding tert-OH is 1. The first-order chi connectivity index (χ1) is 8.22. The number of benzene rings is 1. The average Bonchev–Trinajstić information content (AvgIpc) is 2.91. The maximum atomic E-state index is 10.3. The third kappa shape index (κ3) is 3.37. The topological polar surface area (TPSA) is 32.7 Å². The molecule has 0 aliphatic carbocycles. The van der Waals surface area contributed by atoms with E-state index >= 15 is 0 Å². The van der Waals surface area contributed by atoms with Crippen LogP contribution in [0.4, 0.5) is 0 Å². The van der Waals surface area contributed by atoms with Crippen molar-refractivity contribution in [2.45, 2.75) is 31.9 Å². The van der Waals surface area contributed by atoms with Gasteiger partial charge in [-0.3, -0.25) is 4.90 Å². The van der Waals surface area contributed by atoms with E-state index in [2.05, 4.69) is 11.8 Å². The van der Waals surface area contributed by atoms with Crippen molar-refractivity contribution in [3.63, 3.8) is 0 Å². The largest absolute Gasteiger partial charge is 0.497 e. The molecule has 1 N–H and O–H groups in total. The van der Waals surface area contributed by atoms with Crippen molar-refractivity contribution < 1.29 is 9.84 Å². The van der Waals surface area contributed by atoms with Crippen LogP contribution in [-0.4, -0.2) is 36.2 Å². The Kier molecular flexibility index (Phi) is 5.93. The van der Waals surface area contributed by atoms with Gasteiger partial charge < -0.3 is 9.84 Å². The van der Waals surface area contributed by atoms with Gasteiger partial charge in [0, 0.05) is 6.04 Å². The number of ether oxygens (including phenoxy) is 1. The minimum atomic E-state index is -0.418. The Hall–Kier alpha value is -0.770. The van der Waals surface area contributed by atoms with Crippen molar-refractivity contribution in [1.82, 2.24) is 4.90 Å². The fraction of sp³-hybridized carbons (Fsp3) is 0.571. The molecule has 2 rings (SSSR count). The number of hydrogen-bond acceptors (Lipinski definition) is 3. The minimum absolute atomic E-state index is 0. The van der Waals surface area contributed by atoms with Crippen molar-refractivity contribution in [2.24, 2.45) is 0 Å². The molecule has 0 aromatic heterocycles. The Bertz CT molecular complexity index is 349. The highest BCUT2D eigenvalue weighted by Crippen LogP contribution is 2.25. The highest BCUT2D eigenvalue weighted by Gasteiger charge is 2.25. The molecule has 3 nitrogen and oxygen atoms in total. The number of rotatable bonds is 4. The molecular weight excluding hydrogens is 250 g/mol. The lowest BCUT2D eigenvalue weighted by molar-refractivity contribution is 0.0715. The third-order valence-corrected chi connectivity index (χ3v) is 3.63. The Labute approximate surface area is 115 Å². The fourth-order valence-electron chi connectivity index (χ4n) is 2.43.